The Kier molecular flexibility index (Phi) is 46.7. The van der Waals surface area contributed by atoms with Gasteiger partial charge in [0.15, 0.2) is 18.9 Å². The second-order valence-electron chi connectivity index (χ2n) is 24.6. The largest absolute Gasteiger partial charge is 0.394 e. The Morgan fingerprint density at radius 3 is 1.21 bits per heavy atom. The molecule has 516 valence electrons. The van der Waals surface area contributed by atoms with Crippen molar-refractivity contribution >= 4 is 5.91 Å². The van der Waals surface area contributed by atoms with Gasteiger partial charge in [0.25, 0.3) is 0 Å². The van der Waals surface area contributed by atoms with Gasteiger partial charge in [0.2, 0.25) is 5.91 Å². The first-order valence-corrected chi connectivity index (χ1v) is 34.7. The predicted octanol–water partition coefficient (Wildman–Crippen LogP) is 8.94. The van der Waals surface area contributed by atoms with Gasteiger partial charge in [-0.1, -0.05) is 234 Å². The van der Waals surface area contributed by atoms with Crippen LogP contribution in [0.15, 0.2) is 72.9 Å². The summed E-state index contributed by atoms with van der Waals surface area (Å²) in [5.41, 5.74) is 0. The third-order valence-electron chi connectivity index (χ3n) is 17.0. The third kappa shape index (κ3) is 33.8. The summed E-state index contributed by atoms with van der Waals surface area (Å²) < 4.78 is 34.3. The van der Waals surface area contributed by atoms with Crippen molar-refractivity contribution in [2.75, 3.05) is 26.4 Å². The Morgan fingerprint density at radius 1 is 0.416 bits per heavy atom. The van der Waals surface area contributed by atoms with Crippen molar-refractivity contribution in [3.8, 4) is 0 Å². The number of ether oxygens (including phenoxy) is 6. The number of unbranched alkanes of at least 4 members (excludes halogenated alkanes) is 26. The second-order valence-corrected chi connectivity index (χ2v) is 24.6. The first-order chi connectivity index (χ1) is 43.3. The molecule has 17 atom stereocenters. The molecule has 3 saturated heterocycles. The van der Waals surface area contributed by atoms with E-state index in [2.05, 4.69) is 79.9 Å². The number of hydrogen-bond acceptors (Lipinski definition) is 18. The SMILES string of the molecule is CC/C=C\C/C=C\C/C=C\C/C=C\C/C=C\CCCCCCCC(=O)NC(COC1OC(CO)C(OC2OC(CO)C(OC3OC(CO)C(O)C(O)C3O)C(O)C2O)C(O)C1O)C(O)/C=C/CCCCCCCCCCCCCCCCCCCCCCC. The molecule has 3 aliphatic heterocycles. The van der Waals surface area contributed by atoms with Crippen molar-refractivity contribution < 1.29 is 89.4 Å². The average Bonchev–Trinajstić information content (AvgIpc) is 1.93. The Balaban J connectivity index is 1.46. The van der Waals surface area contributed by atoms with Gasteiger partial charge in [-0.05, 0) is 64.2 Å². The highest BCUT2D eigenvalue weighted by Crippen LogP contribution is 2.33. The van der Waals surface area contributed by atoms with E-state index in [1.807, 2.05) is 6.08 Å². The maximum Gasteiger partial charge on any atom is 0.220 e. The standard InChI is InChI=1S/C70H123NO18/c1-3-5-7-9-11-13-15-17-19-21-23-25-26-28-29-31-33-35-37-39-41-43-45-47-54(75)53(71-58(76)48-46-44-42-40-38-36-34-32-30-27-24-22-20-18-16-14-12-10-8-6-4-2)52-84-68-64(82)61(79)66(56(50-73)86-68)89-70-65(83)62(80)67(57(51-74)87-70)88-69-63(81)60(78)59(77)55(49-72)85-69/h6,8,12,14,18,20,24,27,32,34,45,47,53-57,59-70,72-75,77-83H,3-5,7,9-11,13,15-17,19,21-23,25-26,28-31,33,35-44,46,48-52H2,1-2H3,(H,71,76)/b8-6-,14-12-,20-18-,27-24-,34-32-,47-45+. The van der Waals surface area contributed by atoms with Crippen LogP contribution in [0.25, 0.3) is 0 Å². The van der Waals surface area contributed by atoms with Crippen molar-refractivity contribution in [2.45, 2.75) is 336 Å². The highest BCUT2D eigenvalue weighted by Gasteiger charge is 2.53. The van der Waals surface area contributed by atoms with Crippen molar-refractivity contribution in [3.63, 3.8) is 0 Å². The molecule has 1 amide bonds. The summed E-state index contributed by atoms with van der Waals surface area (Å²) in [6.07, 6.45) is 37.2. The van der Waals surface area contributed by atoms with E-state index >= 15 is 0 Å². The monoisotopic (exact) mass is 1270 g/mol. The Morgan fingerprint density at radius 2 is 0.775 bits per heavy atom. The van der Waals surface area contributed by atoms with Crippen LogP contribution in [-0.2, 0) is 33.2 Å². The van der Waals surface area contributed by atoms with E-state index in [4.69, 9.17) is 28.4 Å². The molecular weight excluding hydrogens is 1140 g/mol. The minimum absolute atomic E-state index is 0.218. The third-order valence-corrected chi connectivity index (χ3v) is 17.0. The zero-order valence-electron chi connectivity index (χ0n) is 54.4. The highest BCUT2D eigenvalue weighted by atomic mass is 16.8. The lowest BCUT2D eigenvalue weighted by Gasteiger charge is -2.48. The molecule has 0 aromatic carbocycles. The topological polar surface area (TPSA) is 307 Å². The first kappa shape index (κ1) is 80.5. The lowest BCUT2D eigenvalue weighted by atomic mass is 9.96. The van der Waals surface area contributed by atoms with Crippen LogP contribution in [-0.4, -0.2) is 193 Å². The Labute approximate surface area is 534 Å². The van der Waals surface area contributed by atoms with Gasteiger partial charge in [0.1, 0.15) is 73.2 Å². The number of allylic oxidation sites excluding steroid dienone is 11. The van der Waals surface area contributed by atoms with E-state index in [1.54, 1.807) is 6.08 Å². The summed E-state index contributed by atoms with van der Waals surface area (Å²) in [7, 11) is 0. The van der Waals surface area contributed by atoms with Gasteiger partial charge in [-0.15, -0.1) is 0 Å². The summed E-state index contributed by atoms with van der Waals surface area (Å²) >= 11 is 0. The van der Waals surface area contributed by atoms with Crippen LogP contribution in [0.3, 0.4) is 0 Å². The molecule has 3 aliphatic rings. The number of rotatable bonds is 52. The molecule has 3 fully saturated rings. The van der Waals surface area contributed by atoms with Gasteiger partial charge < -0.3 is 89.9 Å². The molecule has 19 heteroatoms. The zero-order chi connectivity index (χ0) is 64.7. The van der Waals surface area contributed by atoms with Gasteiger partial charge in [0.05, 0.1) is 38.6 Å². The molecular formula is C70H123NO18. The number of aliphatic hydroxyl groups is 11. The summed E-state index contributed by atoms with van der Waals surface area (Å²) in [6, 6.07) is -0.989. The second kappa shape index (κ2) is 51.6. The van der Waals surface area contributed by atoms with E-state index in [9.17, 15) is 61.0 Å². The molecule has 3 heterocycles. The smallest absolute Gasteiger partial charge is 0.220 e. The van der Waals surface area contributed by atoms with E-state index in [0.29, 0.717) is 6.42 Å². The number of carbonyl (C=O) groups excluding carboxylic acids is 1. The summed E-state index contributed by atoms with van der Waals surface area (Å²) in [6.45, 7) is 1.61. The van der Waals surface area contributed by atoms with Crippen LogP contribution in [0, 0.1) is 0 Å². The van der Waals surface area contributed by atoms with E-state index in [0.717, 1.165) is 89.9 Å². The normalized spacial score (nSPS) is 28.7. The molecule has 0 aliphatic carbocycles. The van der Waals surface area contributed by atoms with Gasteiger partial charge in [-0.3, -0.25) is 4.79 Å². The molecule has 0 radical (unpaired) electrons. The van der Waals surface area contributed by atoms with Gasteiger partial charge in [-0.25, -0.2) is 0 Å². The van der Waals surface area contributed by atoms with Crippen molar-refractivity contribution in [2.24, 2.45) is 0 Å². The fourth-order valence-corrected chi connectivity index (χ4v) is 11.4. The quantitative estimate of drug-likeness (QED) is 0.0200. The lowest BCUT2D eigenvalue weighted by molar-refractivity contribution is -0.379. The van der Waals surface area contributed by atoms with Gasteiger partial charge in [0, 0.05) is 6.42 Å². The average molecular weight is 1270 g/mol. The van der Waals surface area contributed by atoms with Crippen LogP contribution < -0.4 is 5.32 Å². The van der Waals surface area contributed by atoms with Gasteiger partial charge >= 0.3 is 0 Å². The fraction of sp³-hybridized carbons (Fsp3) is 0.814. The van der Waals surface area contributed by atoms with Crippen LogP contribution >= 0.6 is 0 Å². The predicted molar refractivity (Wildman–Crippen MR) is 346 cm³/mol. The molecule has 0 bridgehead atoms. The summed E-state index contributed by atoms with van der Waals surface area (Å²) in [5.74, 6) is -0.295. The number of amides is 1. The maximum absolute atomic E-state index is 13.4. The van der Waals surface area contributed by atoms with E-state index < -0.39 is 124 Å². The fourth-order valence-electron chi connectivity index (χ4n) is 11.4. The number of hydrogen-bond donors (Lipinski definition) is 12. The molecule has 3 rings (SSSR count). The van der Waals surface area contributed by atoms with E-state index in [1.165, 1.54) is 116 Å². The summed E-state index contributed by atoms with van der Waals surface area (Å²) in [5, 5.41) is 121. The zero-order valence-corrected chi connectivity index (χ0v) is 54.4. The van der Waals surface area contributed by atoms with Crippen LogP contribution in [0.4, 0.5) is 0 Å². The van der Waals surface area contributed by atoms with Crippen LogP contribution in [0.2, 0.25) is 0 Å². The minimum atomic E-state index is -1.98. The molecule has 89 heavy (non-hydrogen) atoms. The molecule has 0 spiro atoms. The van der Waals surface area contributed by atoms with Crippen LogP contribution in [0.5, 0.6) is 0 Å². The number of carbonyl (C=O) groups is 1. The minimum Gasteiger partial charge on any atom is -0.394 e. The summed E-state index contributed by atoms with van der Waals surface area (Å²) in [4.78, 5) is 13.4. The maximum atomic E-state index is 13.4. The highest BCUT2D eigenvalue weighted by molar-refractivity contribution is 5.76. The molecule has 19 nitrogen and oxygen atoms in total. The Bertz CT molecular complexity index is 1900. The lowest BCUT2D eigenvalue weighted by Crippen LogP contribution is -2.66. The molecule has 0 aromatic rings. The molecule has 0 saturated carbocycles. The number of nitrogens with one attached hydrogen (secondary N) is 1. The molecule has 0 aromatic heterocycles. The number of aliphatic hydroxyl groups excluding tert-OH is 11. The van der Waals surface area contributed by atoms with Crippen LogP contribution in [0.1, 0.15) is 232 Å². The van der Waals surface area contributed by atoms with Crippen molar-refractivity contribution in [1.29, 1.82) is 0 Å². The van der Waals surface area contributed by atoms with E-state index in [-0.39, 0.29) is 18.9 Å². The Hall–Kier alpha value is -2.77. The van der Waals surface area contributed by atoms with Gasteiger partial charge in [-0.2, -0.15) is 0 Å². The van der Waals surface area contributed by atoms with Crippen molar-refractivity contribution in [3.05, 3.63) is 72.9 Å². The molecule has 12 N–H and O–H groups in total. The molecule has 17 unspecified atom stereocenters. The van der Waals surface area contributed by atoms with Crippen molar-refractivity contribution in [1.82, 2.24) is 5.32 Å². The first-order valence-electron chi connectivity index (χ1n) is 34.7.